The summed E-state index contributed by atoms with van der Waals surface area (Å²) in [5.74, 6) is -2.00. The normalized spacial score (nSPS) is 19.0. The van der Waals surface area contributed by atoms with Crippen molar-refractivity contribution < 1.29 is 23.4 Å². The number of rotatable bonds is 4. The second-order valence-corrected chi connectivity index (χ2v) is 6.32. The largest absolute Gasteiger partial charge is 0.383 e. The highest BCUT2D eigenvalue weighted by Crippen LogP contribution is 2.28. The predicted octanol–water partition coefficient (Wildman–Crippen LogP) is 2.60. The van der Waals surface area contributed by atoms with Crippen molar-refractivity contribution in [2.75, 3.05) is 13.2 Å². The Balaban J connectivity index is 1.72. The molecule has 0 bridgehead atoms. The molecule has 6 heteroatoms. The summed E-state index contributed by atoms with van der Waals surface area (Å²) in [4.78, 5) is 12.5. The number of benzene rings is 2. The quantitative estimate of drug-likeness (QED) is 0.894. The molecule has 1 amide bonds. The molecule has 25 heavy (non-hydrogen) atoms. The molecular weight excluding hydrogens is 328 g/mol. The zero-order valence-electron chi connectivity index (χ0n) is 13.8. The molecule has 132 valence electrons. The highest BCUT2D eigenvalue weighted by atomic mass is 19.1. The van der Waals surface area contributed by atoms with Gasteiger partial charge in [0.2, 0.25) is 0 Å². The van der Waals surface area contributed by atoms with Crippen LogP contribution in [0.1, 0.15) is 29.7 Å². The molecule has 2 aromatic carbocycles. The summed E-state index contributed by atoms with van der Waals surface area (Å²) in [6.45, 7) is 1.56. The van der Waals surface area contributed by atoms with E-state index in [1.54, 1.807) is 0 Å². The van der Waals surface area contributed by atoms with Crippen molar-refractivity contribution in [1.82, 2.24) is 5.32 Å². The maximum absolute atomic E-state index is 13.9. The fourth-order valence-electron chi connectivity index (χ4n) is 2.98. The number of carbonyl (C=O) groups is 1. The smallest absolute Gasteiger partial charge is 0.253 e. The molecular formula is C19H19F2NO3. The predicted molar refractivity (Wildman–Crippen MR) is 87.8 cm³/mol. The molecule has 2 atom stereocenters. The second-order valence-electron chi connectivity index (χ2n) is 6.32. The number of hydrogen-bond acceptors (Lipinski definition) is 3. The van der Waals surface area contributed by atoms with E-state index in [-0.39, 0.29) is 12.1 Å². The Morgan fingerprint density at radius 2 is 2.08 bits per heavy atom. The lowest BCUT2D eigenvalue weighted by Gasteiger charge is -2.28. The van der Waals surface area contributed by atoms with E-state index in [9.17, 15) is 18.7 Å². The molecule has 2 aromatic rings. The van der Waals surface area contributed by atoms with Gasteiger partial charge in [-0.1, -0.05) is 30.3 Å². The van der Waals surface area contributed by atoms with Gasteiger partial charge in [0.05, 0.1) is 13.2 Å². The fraction of sp³-hybridized carbons (Fsp3) is 0.316. The topological polar surface area (TPSA) is 58.6 Å². The second kappa shape index (κ2) is 6.90. The Bertz CT molecular complexity index is 792. The van der Waals surface area contributed by atoms with Gasteiger partial charge in [-0.2, -0.15) is 0 Å². The number of carbonyl (C=O) groups excluding carboxylic acids is 1. The zero-order valence-corrected chi connectivity index (χ0v) is 13.8. The third-order valence-corrected chi connectivity index (χ3v) is 4.35. The molecule has 4 nitrogen and oxygen atoms in total. The number of hydrogen-bond donors (Lipinski definition) is 2. The molecule has 3 rings (SSSR count). The van der Waals surface area contributed by atoms with Gasteiger partial charge < -0.3 is 15.2 Å². The maximum atomic E-state index is 13.9. The Kier molecular flexibility index (Phi) is 4.83. The summed E-state index contributed by atoms with van der Waals surface area (Å²) in [6.07, 6.45) is -0.0304. The summed E-state index contributed by atoms with van der Waals surface area (Å²) in [5, 5.41) is 13.1. The van der Waals surface area contributed by atoms with Crippen molar-refractivity contribution in [3.8, 4) is 0 Å². The number of fused-ring (bicyclic) bond motifs is 1. The van der Waals surface area contributed by atoms with Crippen LogP contribution < -0.4 is 5.32 Å². The molecule has 1 aliphatic rings. The number of ether oxygens (including phenoxy) is 1. The van der Waals surface area contributed by atoms with Crippen molar-refractivity contribution in [2.45, 2.75) is 25.0 Å². The van der Waals surface area contributed by atoms with Crippen molar-refractivity contribution in [3.63, 3.8) is 0 Å². The molecule has 0 fully saturated rings. The van der Waals surface area contributed by atoms with Gasteiger partial charge in [-0.15, -0.1) is 0 Å². The molecule has 2 unspecified atom stereocenters. The van der Waals surface area contributed by atoms with E-state index in [0.717, 1.165) is 23.6 Å². The van der Waals surface area contributed by atoms with Crippen molar-refractivity contribution in [1.29, 1.82) is 0 Å². The van der Waals surface area contributed by atoms with Crippen molar-refractivity contribution in [3.05, 3.63) is 70.8 Å². The van der Waals surface area contributed by atoms with Crippen LogP contribution in [0.5, 0.6) is 0 Å². The lowest BCUT2D eigenvalue weighted by Crippen LogP contribution is -2.42. The Labute approximate surface area is 144 Å². The first-order valence-corrected chi connectivity index (χ1v) is 8.03. The van der Waals surface area contributed by atoms with E-state index in [1.807, 2.05) is 24.3 Å². The van der Waals surface area contributed by atoms with Crippen molar-refractivity contribution >= 4 is 5.91 Å². The fourth-order valence-corrected chi connectivity index (χ4v) is 2.98. The average Bonchev–Trinajstić information content (AvgIpc) is 2.59. The number of nitrogens with one attached hydrogen (secondary N) is 1. The summed E-state index contributed by atoms with van der Waals surface area (Å²) in [7, 11) is 0. The van der Waals surface area contributed by atoms with Crippen LogP contribution in [0.2, 0.25) is 0 Å². The van der Waals surface area contributed by atoms with E-state index < -0.39 is 29.2 Å². The minimum atomic E-state index is -1.68. The van der Waals surface area contributed by atoms with Crippen LogP contribution >= 0.6 is 0 Å². The highest BCUT2D eigenvalue weighted by Gasteiger charge is 2.31. The van der Waals surface area contributed by atoms with E-state index in [1.165, 1.54) is 13.0 Å². The zero-order chi connectivity index (χ0) is 18.0. The van der Waals surface area contributed by atoms with Gasteiger partial charge in [-0.3, -0.25) is 4.79 Å². The summed E-state index contributed by atoms with van der Waals surface area (Å²) < 4.78 is 32.5. The molecule has 1 aliphatic heterocycles. The molecule has 1 heterocycles. The van der Waals surface area contributed by atoms with E-state index in [2.05, 4.69) is 5.32 Å². The van der Waals surface area contributed by atoms with Gasteiger partial charge in [-0.25, -0.2) is 8.78 Å². The number of halogens is 2. The molecule has 0 aromatic heterocycles. The van der Waals surface area contributed by atoms with Crippen LogP contribution in [0.15, 0.2) is 42.5 Å². The van der Waals surface area contributed by atoms with Crippen LogP contribution in [0.4, 0.5) is 8.78 Å². The molecule has 0 radical (unpaired) electrons. The van der Waals surface area contributed by atoms with Crippen LogP contribution in [-0.4, -0.2) is 24.2 Å². The average molecular weight is 347 g/mol. The molecule has 0 spiro atoms. The lowest BCUT2D eigenvalue weighted by molar-refractivity contribution is -0.135. The van der Waals surface area contributed by atoms with Gasteiger partial charge in [0.25, 0.3) is 5.91 Å². The Morgan fingerprint density at radius 3 is 2.84 bits per heavy atom. The Morgan fingerprint density at radius 1 is 1.32 bits per heavy atom. The van der Waals surface area contributed by atoms with Gasteiger partial charge in [0, 0.05) is 11.6 Å². The summed E-state index contributed by atoms with van der Waals surface area (Å²) >= 11 is 0. The van der Waals surface area contributed by atoms with Crippen LogP contribution in [0, 0.1) is 11.6 Å². The third-order valence-electron chi connectivity index (χ3n) is 4.35. The van der Waals surface area contributed by atoms with Crippen LogP contribution in [0.3, 0.4) is 0 Å². The van der Waals surface area contributed by atoms with Gasteiger partial charge in [0.1, 0.15) is 17.2 Å². The standard InChI is InChI=1S/C19H19F2NO3/c1-19(24,15-7-6-13(20)10-16(15)21)11-22-18(23)17-14-5-3-2-4-12(14)8-9-25-17/h2-7,10,17,24H,8-9,11H2,1H3,(H,22,23). The highest BCUT2D eigenvalue weighted by molar-refractivity contribution is 5.83. The third kappa shape index (κ3) is 3.70. The monoisotopic (exact) mass is 347 g/mol. The maximum Gasteiger partial charge on any atom is 0.253 e. The molecule has 0 saturated heterocycles. The first-order chi connectivity index (χ1) is 11.9. The lowest BCUT2D eigenvalue weighted by atomic mass is 9.94. The van der Waals surface area contributed by atoms with Crippen LogP contribution in [-0.2, 0) is 21.6 Å². The Hall–Kier alpha value is -2.31. The van der Waals surface area contributed by atoms with Crippen LogP contribution in [0.25, 0.3) is 0 Å². The minimum Gasteiger partial charge on any atom is -0.383 e. The summed E-state index contributed by atoms with van der Waals surface area (Å²) in [5.41, 5.74) is 0.0741. The first kappa shape index (κ1) is 17.5. The first-order valence-electron chi connectivity index (χ1n) is 8.03. The van der Waals surface area contributed by atoms with Gasteiger partial charge in [-0.05, 0) is 30.5 Å². The van der Waals surface area contributed by atoms with Crippen molar-refractivity contribution in [2.24, 2.45) is 0 Å². The van der Waals surface area contributed by atoms with Gasteiger partial charge >= 0.3 is 0 Å². The summed E-state index contributed by atoms with van der Waals surface area (Å²) in [6, 6.07) is 10.4. The SMILES string of the molecule is CC(O)(CNC(=O)C1OCCc2ccccc21)c1ccc(F)cc1F. The molecule has 2 N–H and O–H groups in total. The number of aliphatic hydroxyl groups is 1. The minimum absolute atomic E-state index is 0.0841. The van der Waals surface area contributed by atoms with E-state index in [0.29, 0.717) is 12.7 Å². The number of amides is 1. The molecule has 0 aliphatic carbocycles. The van der Waals surface area contributed by atoms with E-state index >= 15 is 0 Å². The van der Waals surface area contributed by atoms with Gasteiger partial charge in [0.15, 0.2) is 6.10 Å². The molecule has 0 saturated carbocycles. The van der Waals surface area contributed by atoms with E-state index in [4.69, 9.17) is 4.74 Å².